The fourth-order valence-corrected chi connectivity index (χ4v) is 4.01. The van der Waals surface area contributed by atoms with Gasteiger partial charge in [0, 0.05) is 23.2 Å². The molecule has 1 aromatic heterocycles. The first kappa shape index (κ1) is 16.8. The summed E-state index contributed by atoms with van der Waals surface area (Å²) in [7, 11) is 0. The van der Waals surface area contributed by atoms with Gasteiger partial charge in [-0.2, -0.15) is 0 Å². The van der Waals surface area contributed by atoms with Gasteiger partial charge in [-0.05, 0) is 36.8 Å². The van der Waals surface area contributed by atoms with E-state index in [-0.39, 0.29) is 24.4 Å². The number of amides is 1. The second-order valence-electron chi connectivity index (χ2n) is 5.12. The van der Waals surface area contributed by atoms with Crippen molar-refractivity contribution in [2.75, 3.05) is 0 Å². The molecule has 6 nitrogen and oxygen atoms in total. The fourth-order valence-electron chi connectivity index (χ4n) is 2.45. The Morgan fingerprint density at radius 1 is 1.42 bits per heavy atom. The summed E-state index contributed by atoms with van der Waals surface area (Å²) in [5.74, 6) is -1.53. The number of halogens is 1. The van der Waals surface area contributed by atoms with Crippen molar-refractivity contribution in [2.24, 2.45) is 4.99 Å². The quantitative estimate of drug-likeness (QED) is 0.770. The monoisotopic (exact) mass is 382 g/mol. The standard InChI is InChI=1S/C15H11ClN2O4S2/c16-7-3-4-9-8(6-7)11(13(21)17-9)12-14(22)18(15(23)24-12)5-1-2-10(19)20/h3-4,6,22H,1-2,5H2,(H,19,20). The highest BCUT2D eigenvalue weighted by Gasteiger charge is 2.25. The minimum Gasteiger partial charge on any atom is -0.493 e. The number of aromatic hydroxyl groups is 1. The number of benzene rings is 1. The van der Waals surface area contributed by atoms with Crippen LogP contribution in [0.25, 0.3) is 5.57 Å². The lowest BCUT2D eigenvalue weighted by Gasteiger charge is -2.04. The van der Waals surface area contributed by atoms with E-state index < -0.39 is 11.9 Å². The van der Waals surface area contributed by atoms with E-state index in [0.29, 0.717) is 30.9 Å². The molecule has 1 amide bonds. The van der Waals surface area contributed by atoms with Crippen LogP contribution in [0.5, 0.6) is 5.88 Å². The highest BCUT2D eigenvalue weighted by atomic mass is 35.5. The smallest absolute Gasteiger partial charge is 0.303 e. The van der Waals surface area contributed by atoms with Gasteiger partial charge in [-0.3, -0.25) is 14.2 Å². The van der Waals surface area contributed by atoms with Crippen LogP contribution in [0, 0.1) is 3.95 Å². The first-order valence-corrected chi connectivity index (χ1v) is 8.56. The summed E-state index contributed by atoms with van der Waals surface area (Å²) in [4.78, 5) is 27.1. The summed E-state index contributed by atoms with van der Waals surface area (Å²) < 4.78 is 1.80. The highest BCUT2D eigenvalue weighted by molar-refractivity contribution is 7.73. The number of aromatic nitrogens is 1. The highest BCUT2D eigenvalue weighted by Crippen LogP contribution is 2.32. The number of carbonyl (C=O) groups excluding carboxylic acids is 1. The number of carboxylic acid groups (broad SMARTS) is 1. The number of fused-ring (bicyclic) bond motifs is 1. The van der Waals surface area contributed by atoms with Crippen LogP contribution < -0.4 is 10.6 Å². The topological polar surface area (TPSA) is 91.9 Å². The first-order chi connectivity index (χ1) is 11.4. The van der Waals surface area contributed by atoms with Gasteiger partial charge >= 0.3 is 5.97 Å². The second kappa shape index (κ2) is 6.46. The van der Waals surface area contributed by atoms with Crippen molar-refractivity contribution >= 4 is 52.6 Å². The van der Waals surface area contributed by atoms with Crippen molar-refractivity contribution in [3.05, 3.63) is 42.6 Å². The van der Waals surface area contributed by atoms with Crippen LogP contribution >= 0.6 is 35.2 Å². The van der Waals surface area contributed by atoms with Gasteiger partial charge in [0.15, 0.2) is 3.95 Å². The van der Waals surface area contributed by atoms with Crippen molar-refractivity contribution in [2.45, 2.75) is 19.4 Å². The van der Waals surface area contributed by atoms with E-state index in [9.17, 15) is 14.7 Å². The summed E-state index contributed by atoms with van der Waals surface area (Å²) in [5, 5.41) is 20.7. The molecule has 0 bridgehead atoms. The average molecular weight is 383 g/mol. The Morgan fingerprint density at radius 3 is 2.88 bits per heavy atom. The van der Waals surface area contributed by atoms with Gasteiger partial charge in [0.2, 0.25) is 5.88 Å². The summed E-state index contributed by atoms with van der Waals surface area (Å²) in [6.45, 7) is 0.258. The predicted molar refractivity (Wildman–Crippen MR) is 91.4 cm³/mol. The Bertz CT molecular complexity index is 1040. The minimum atomic E-state index is -0.917. The van der Waals surface area contributed by atoms with Crippen molar-refractivity contribution in [1.29, 1.82) is 0 Å². The Balaban J connectivity index is 2.10. The van der Waals surface area contributed by atoms with E-state index in [0.717, 1.165) is 11.3 Å². The number of carboxylic acids is 1. The van der Waals surface area contributed by atoms with E-state index >= 15 is 0 Å². The summed E-state index contributed by atoms with van der Waals surface area (Å²) >= 11 is 12.3. The number of nitrogens with zero attached hydrogens (tertiary/aromatic N) is 2. The summed E-state index contributed by atoms with van der Waals surface area (Å²) in [6, 6.07) is 4.90. The second-order valence-corrected chi connectivity index (χ2v) is 7.20. The van der Waals surface area contributed by atoms with E-state index in [4.69, 9.17) is 28.9 Å². The van der Waals surface area contributed by atoms with Crippen molar-refractivity contribution in [1.82, 2.24) is 4.57 Å². The molecule has 24 heavy (non-hydrogen) atoms. The zero-order valence-corrected chi connectivity index (χ0v) is 14.5. The number of aliphatic carboxylic acids is 1. The molecule has 0 radical (unpaired) electrons. The molecule has 0 saturated carbocycles. The van der Waals surface area contributed by atoms with Crippen LogP contribution in [0.4, 0.5) is 0 Å². The van der Waals surface area contributed by atoms with E-state index in [1.165, 1.54) is 4.57 Å². The molecule has 0 unspecified atom stereocenters. The SMILES string of the molecule is O=C(O)CCCn1c(O)c(C2=c3cc(Cl)ccc3=NC2=O)sc1=S. The molecule has 0 fully saturated rings. The predicted octanol–water partition coefficient (Wildman–Crippen LogP) is 1.86. The summed E-state index contributed by atoms with van der Waals surface area (Å²) in [5.41, 5.74) is 0.262. The molecule has 3 rings (SSSR count). The number of thiazole rings is 1. The van der Waals surface area contributed by atoms with Gasteiger partial charge < -0.3 is 10.2 Å². The number of carbonyl (C=O) groups is 2. The molecule has 1 aliphatic heterocycles. The molecular formula is C15H11ClN2O4S2. The lowest BCUT2D eigenvalue weighted by molar-refractivity contribution is -0.137. The average Bonchev–Trinajstić information content (AvgIpc) is 2.96. The van der Waals surface area contributed by atoms with Gasteiger partial charge in [-0.15, -0.1) is 11.3 Å². The maximum atomic E-state index is 12.2. The zero-order valence-electron chi connectivity index (χ0n) is 12.2. The number of hydrogen-bond donors (Lipinski definition) is 2. The Labute approximate surface area is 150 Å². The third-order valence-corrected chi connectivity index (χ3v) is 5.22. The molecule has 0 spiro atoms. The molecule has 2 N–H and O–H groups in total. The molecule has 1 aliphatic rings. The van der Waals surface area contributed by atoms with Crippen LogP contribution in [-0.4, -0.2) is 26.7 Å². The van der Waals surface area contributed by atoms with Gasteiger partial charge in [0.25, 0.3) is 5.91 Å². The van der Waals surface area contributed by atoms with Gasteiger partial charge in [0.1, 0.15) is 4.88 Å². The number of rotatable bonds is 5. The Kier molecular flexibility index (Phi) is 4.53. The molecule has 0 atom stereocenters. The summed E-state index contributed by atoms with van der Waals surface area (Å²) in [6.07, 6.45) is 0.291. The number of hydrogen-bond acceptors (Lipinski definition) is 5. The largest absolute Gasteiger partial charge is 0.493 e. The van der Waals surface area contributed by atoms with E-state index in [1.807, 2.05) is 0 Å². The zero-order chi connectivity index (χ0) is 17.4. The van der Waals surface area contributed by atoms with Crippen molar-refractivity contribution in [3.63, 3.8) is 0 Å². The normalized spacial score (nSPS) is 13.0. The minimum absolute atomic E-state index is 0.0321. The van der Waals surface area contributed by atoms with Gasteiger partial charge in [0.05, 0.1) is 10.9 Å². The lowest BCUT2D eigenvalue weighted by atomic mass is 10.1. The molecule has 2 heterocycles. The molecule has 0 saturated heterocycles. The molecular weight excluding hydrogens is 372 g/mol. The maximum absolute atomic E-state index is 12.2. The third kappa shape index (κ3) is 3.00. The van der Waals surface area contributed by atoms with Crippen molar-refractivity contribution < 1.29 is 19.8 Å². The molecule has 1 aromatic carbocycles. The molecule has 9 heteroatoms. The Morgan fingerprint density at radius 2 is 2.17 bits per heavy atom. The molecule has 124 valence electrons. The van der Waals surface area contributed by atoms with Gasteiger partial charge in [-0.1, -0.05) is 11.6 Å². The van der Waals surface area contributed by atoms with Crippen LogP contribution in [0.1, 0.15) is 17.7 Å². The molecule has 2 aromatic rings. The van der Waals surface area contributed by atoms with Gasteiger partial charge in [-0.25, -0.2) is 4.99 Å². The van der Waals surface area contributed by atoms with E-state index in [1.54, 1.807) is 18.2 Å². The van der Waals surface area contributed by atoms with Crippen molar-refractivity contribution in [3.8, 4) is 5.88 Å². The Hall–Kier alpha value is -2.03. The molecule has 0 aliphatic carbocycles. The van der Waals surface area contributed by atoms with Crippen LogP contribution in [0.15, 0.2) is 23.2 Å². The first-order valence-electron chi connectivity index (χ1n) is 6.96. The fraction of sp³-hybridized carbons (Fsp3) is 0.200. The third-order valence-electron chi connectivity index (χ3n) is 3.53. The van der Waals surface area contributed by atoms with Crippen LogP contribution in [0.2, 0.25) is 5.02 Å². The maximum Gasteiger partial charge on any atom is 0.303 e. The lowest BCUT2D eigenvalue weighted by Crippen LogP contribution is -2.22. The van der Waals surface area contributed by atoms with Crippen LogP contribution in [-0.2, 0) is 16.1 Å². The van der Waals surface area contributed by atoms with Crippen LogP contribution in [0.3, 0.4) is 0 Å². The van der Waals surface area contributed by atoms with E-state index in [2.05, 4.69) is 4.99 Å².